The second kappa shape index (κ2) is 6.79. The zero-order valence-electron chi connectivity index (χ0n) is 14.1. The quantitative estimate of drug-likeness (QED) is 0.890. The molecule has 7 nitrogen and oxygen atoms in total. The molecule has 0 radical (unpaired) electrons. The lowest BCUT2D eigenvalue weighted by Gasteiger charge is -2.27. The monoisotopic (exact) mass is 360 g/mol. The van der Waals surface area contributed by atoms with Gasteiger partial charge < -0.3 is 10.2 Å². The maximum Gasteiger partial charge on any atom is 0.278 e. The van der Waals surface area contributed by atoms with Crippen molar-refractivity contribution in [3.63, 3.8) is 0 Å². The second-order valence-corrected chi connectivity index (χ2v) is 7.81. The Balaban J connectivity index is 1.80. The van der Waals surface area contributed by atoms with Gasteiger partial charge in [-0.3, -0.25) is 4.79 Å². The Morgan fingerprint density at radius 1 is 1.32 bits per heavy atom. The average Bonchev–Trinajstić information content (AvgIpc) is 2.60. The fourth-order valence-electron chi connectivity index (χ4n) is 2.60. The first kappa shape index (κ1) is 17.3. The third-order valence-electron chi connectivity index (χ3n) is 4.31. The number of fused-ring (bicyclic) bond motifs is 1. The molecule has 25 heavy (non-hydrogen) atoms. The Kier molecular flexibility index (Phi) is 4.71. The number of hydrogen-bond donors (Lipinski definition) is 1. The third-order valence-corrected chi connectivity index (χ3v) is 5.46. The lowest BCUT2D eigenvalue weighted by Crippen LogP contribution is -2.46. The van der Waals surface area contributed by atoms with Crippen LogP contribution in [-0.4, -0.2) is 43.1 Å². The largest absolute Gasteiger partial charge is 0.328 e. The van der Waals surface area contributed by atoms with Gasteiger partial charge in [0.25, 0.3) is 15.9 Å². The highest BCUT2D eigenvalue weighted by atomic mass is 32.2. The fraction of sp³-hybridized carbons (Fsp3) is 0.353. The molecule has 0 bridgehead atoms. The number of sulfonamides is 1. The highest BCUT2D eigenvalue weighted by Gasteiger charge is 2.31. The van der Waals surface area contributed by atoms with E-state index in [1.165, 1.54) is 11.8 Å². The van der Waals surface area contributed by atoms with Crippen LogP contribution in [0.5, 0.6) is 0 Å². The van der Waals surface area contributed by atoms with Gasteiger partial charge in [-0.25, -0.2) is 13.4 Å². The number of amidine groups is 1. The molecule has 132 valence electrons. The van der Waals surface area contributed by atoms with Gasteiger partial charge in [-0.2, -0.15) is 0 Å². The zero-order chi connectivity index (χ0) is 18.0. The summed E-state index contributed by atoms with van der Waals surface area (Å²) in [6.07, 6.45) is 4.13. The van der Waals surface area contributed by atoms with E-state index >= 15 is 0 Å². The SMILES string of the molecule is CCC(C)c1ccc(NC(=O)C2=NC=CN3CCS(=O)(=O)N=C23)cc1. The molecule has 0 fully saturated rings. The summed E-state index contributed by atoms with van der Waals surface area (Å²) in [7, 11) is -3.56. The standard InChI is InChI=1S/C17H20N4O3S/c1-3-12(2)13-4-6-14(7-5-13)19-17(22)15-16-20-25(23,24)11-10-21(16)9-8-18-15/h4-9,12H,3,10-11H2,1-2H3,(H,19,22). The van der Waals surface area contributed by atoms with Crippen molar-refractivity contribution in [2.75, 3.05) is 17.6 Å². The van der Waals surface area contributed by atoms with Crippen LogP contribution in [0.15, 0.2) is 46.1 Å². The number of benzene rings is 1. The highest BCUT2D eigenvalue weighted by Crippen LogP contribution is 2.21. The van der Waals surface area contributed by atoms with Crippen molar-refractivity contribution in [2.45, 2.75) is 26.2 Å². The minimum Gasteiger partial charge on any atom is -0.328 e. The van der Waals surface area contributed by atoms with E-state index in [4.69, 9.17) is 0 Å². The summed E-state index contributed by atoms with van der Waals surface area (Å²) < 4.78 is 27.2. The number of hydrogen-bond acceptors (Lipinski definition) is 5. The number of rotatable bonds is 4. The van der Waals surface area contributed by atoms with Gasteiger partial charge in [0.1, 0.15) is 0 Å². The first-order chi connectivity index (χ1) is 11.9. The lowest BCUT2D eigenvalue weighted by atomic mass is 9.98. The van der Waals surface area contributed by atoms with Crippen molar-refractivity contribution in [3.8, 4) is 0 Å². The Bertz CT molecular complexity index is 870. The smallest absolute Gasteiger partial charge is 0.278 e. The van der Waals surface area contributed by atoms with Crippen molar-refractivity contribution in [1.29, 1.82) is 0 Å². The molecule has 0 aliphatic carbocycles. The molecule has 1 unspecified atom stereocenters. The Labute approximate surface area is 147 Å². The molecule has 3 rings (SSSR count). The Morgan fingerprint density at radius 2 is 2.04 bits per heavy atom. The van der Waals surface area contributed by atoms with Crippen LogP contribution in [0.3, 0.4) is 0 Å². The number of anilines is 1. The molecule has 8 heteroatoms. The van der Waals surface area contributed by atoms with Crippen LogP contribution in [0.2, 0.25) is 0 Å². The fourth-order valence-corrected chi connectivity index (χ4v) is 3.57. The van der Waals surface area contributed by atoms with Gasteiger partial charge in [0.15, 0.2) is 11.5 Å². The van der Waals surface area contributed by atoms with E-state index < -0.39 is 15.9 Å². The van der Waals surface area contributed by atoms with Gasteiger partial charge in [-0.05, 0) is 30.0 Å². The molecular weight excluding hydrogens is 340 g/mol. The normalized spacial score (nSPS) is 19.5. The number of aliphatic imine (C=N–C) groups is 1. The molecule has 2 aliphatic rings. The van der Waals surface area contributed by atoms with Crippen LogP contribution < -0.4 is 5.32 Å². The van der Waals surface area contributed by atoms with E-state index in [9.17, 15) is 13.2 Å². The number of carbonyl (C=O) groups is 1. The number of nitrogens with zero attached hydrogens (tertiary/aromatic N) is 3. The van der Waals surface area contributed by atoms with Gasteiger partial charge >= 0.3 is 0 Å². The summed E-state index contributed by atoms with van der Waals surface area (Å²) in [5.74, 6) is -0.0377. The van der Waals surface area contributed by atoms with Gasteiger partial charge in [0, 0.05) is 24.6 Å². The zero-order valence-corrected chi connectivity index (χ0v) is 15.0. The Hall–Kier alpha value is -2.48. The van der Waals surface area contributed by atoms with Crippen LogP contribution in [0.4, 0.5) is 5.69 Å². The number of nitrogens with one attached hydrogen (secondary N) is 1. The first-order valence-corrected chi connectivity index (χ1v) is 9.76. The summed E-state index contributed by atoms with van der Waals surface area (Å²) in [6.45, 7) is 4.53. The molecule has 2 heterocycles. The van der Waals surface area contributed by atoms with Crippen molar-refractivity contribution in [3.05, 3.63) is 42.2 Å². The van der Waals surface area contributed by atoms with E-state index in [1.807, 2.05) is 24.3 Å². The minimum absolute atomic E-state index is 0.00298. The molecule has 0 saturated carbocycles. The van der Waals surface area contributed by atoms with Crippen LogP contribution >= 0.6 is 0 Å². The second-order valence-electron chi connectivity index (χ2n) is 6.06. The third kappa shape index (κ3) is 3.79. The lowest BCUT2D eigenvalue weighted by molar-refractivity contribution is -0.110. The molecule has 2 aliphatic heterocycles. The molecule has 0 aromatic heterocycles. The van der Waals surface area contributed by atoms with Gasteiger partial charge in [-0.1, -0.05) is 26.0 Å². The summed E-state index contributed by atoms with van der Waals surface area (Å²) >= 11 is 0. The Morgan fingerprint density at radius 3 is 2.72 bits per heavy atom. The maximum atomic E-state index is 12.5. The number of amides is 1. The molecular formula is C17H20N4O3S. The molecule has 1 aromatic carbocycles. The van der Waals surface area contributed by atoms with Gasteiger partial charge in [0.2, 0.25) is 0 Å². The summed E-state index contributed by atoms with van der Waals surface area (Å²) in [5.41, 5.74) is 1.82. The summed E-state index contributed by atoms with van der Waals surface area (Å²) in [5, 5.41) is 2.75. The van der Waals surface area contributed by atoms with Crippen molar-refractivity contribution in [1.82, 2.24) is 4.90 Å². The maximum absolute atomic E-state index is 12.5. The molecule has 1 aromatic rings. The molecule has 1 atom stereocenters. The van der Waals surface area contributed by atoms with E-state index in [0.717, 1.165) is 6.42 Å². The molecule has 0 spiro atoms. The van der Waals surface area contributed by atoms with Gasteiger partial charge in [0.05, 0.1) is 5.75 Å². The average molecular weight is 360 g/mol. The van der Waals surface area contributed by atoms with Crippen LogP contribution in [0, 0.1) is 0 Å². The molecule has 1 amide bonds. The van der Waals surface area contributed by atoms with E-state index in [2.05, 4.69) is 28.6 Å². The van der Waals surface area contributed by atoms with E-state index in [0.29, 0.717) is 11.6 Å². The van der Waals surface area contributed by atoms with Crippen molar-refractivity contribution in [2.24, 2.45) is 9.39 Å². The van der Waals surface area contributed by atoms with E-state index in [-0.39, 0.29) is 23.8 Å². The molecule has 1 N–H and O–H groups in total. The van der Waals surface area contributed by atoms with Crippen LogP contribution in [0.1, 0.15) is 31.7 Å². The summed E-state index contributed by atoms with van der Waals surface area (Å²) in [4.78, 5) is 18.2. The number of carbonyl (C=O) groups excluding carboxylic acids is 1. The predicted octanol–water partition coefficient (Wildman–Crippen LogP) is 2.11. The van der Waals surface area contributed by atoms with E-state index in [1.54, 1.807) is 11.1 Å². The summed E-state index contributed by atoms with van der Waals surface area (Å²) in [6, 6.07) is 7.61. The predicted molar refractivity (Wildman–Crippen MR) is 98.3 cm³/mol. The van der Waals surface area contributed by atoms with Gasteiger partial charge in [-0.15, -0.1) is 4.40 Å². The first-order valence-electron chi connectivity index (χ1n) is 8.15. The van der Waals surface area contributed by atoms with Crippen molar-refractivity contribution < 1.29 is 13.2 Å². The van der Waals surface area contributed by atoms with Crippen LogP contribution in [0.25, 0.3) is 0 Å². The minimum atomic E-state index is -3.56. The molecule has 0 saturated heterocycles. The topological polar surface area (TPSA) is 91.2 Å². The van der Waals surface area contributed by atoms with Crippen molar-refractivity contribution >= 4 is 33.2 Å². The highest BCUT2D eigenvalue weighted by molar-refractivity contribution is 7.90. The van der Waals surface area contributed by atoms with Crippen LogP contribution in [-0.2, 0) is 14.8 Å².